The molecule has 0 amide bonds. The predicted molar refractivity (Wildman–Crippen MR) is 128 cm³/mol. The number of fused-ring (bicyclic) bond motifs is 5. The van der Waals surface area contributed by atoms with Gasteiger partial charge in [-0.3, -0.25) is 4.98 Å². The highest BCUT2D eigenvalue weighted by molar-refractivity contribution is 7.26. The van der Waals surface area contributed by atoms with Gasteiger partial charge in [-0.05, 0) is 51.9 Å². The lowest BCUT2D eigenvalue weighted by Crippen LogP contribution is -1.90. The number of rotatable bonds is 3. The van der Waals surface area contributed by atoms with Gasteiger partial charge in [0.25, 0.3) is 0 Å². The minimum Gasteiger partial charge on any atom is -0.256 e. The summed E-state index contributed by atoms with van der Waals surface area (Å²) >= 11 is 1.77. The second kappa shape index (κ2) is 6.96. The number of benzene rings is 3. The van der Waals surface area contributed by atoms with Crippen molar-refractivity contribution in [2.45, 2.75) is 39.5 Å². The third kappa shape index (κ3) is 2.94. The molecule has 0 unspecified atom stereocenters. The first-order chi connectivity index (χ1) is 14.6. The van der Waals surface area contributed by atoms with Crippen molar-refractivity contribution in [2.24, 2.45) is 0 Å². The second-order valence-corrected chi connectivity index (χ2v) is 9.11. The summed E-state index contributed by atoms with van der Waals surface area (Å²) in [6.07, 6.45) is 1.81. The van der Waals surface area contributed by atoms with Crippen LogP contribution >= 0.6 is 11.3 Å². The van der Waals surface area contributed by atoms with Crippen molar-refractivity contribution in [1.82, 2.24) is 4.98 Å². The topological polar surface area (TPSA) is 12.9 Å². The molecule has 0 radical (unpaired) electrons. The molecule has 5 aromatic rings. The van der Waals surface area contributed by atoms with E-state index in [4.69, 9.17) is 2.74 Å². The lowest BCUT2D eigenvalue weighted by molar-refractivity contribution is 0.864. The predicted octanol–water partition coefficient (Wildman–Crippen LogP) is 8.52. The first-order valence-electron chi connectivity index (χ1n) is 11.0. The van der Waals surface area contributed by atoms with Crippen molar-refractivity contribution in [2.75, 3.05) is 0 Å². The maximum Gasteiger partial charge on any atom is 0.0719 e. The van der Waals surface area contributed by atoms with Crippen LogP contribution in [-0.4, -0.2) is 4.98 Å². The molecular weight excluding hydrogens is 370 g/mol. The van der Waals surface area contributed by atoms with Crippen LogP contribution in [0.1, 0.15) is 53.4 Å². The van der Waals surface area contributed by atoms with Crippen LogP contribution in [0.4, 0.5) is 0 Å². The van der Waals surface area contributed by atoms with E-state index < -0.39 is 11.8 Å². The Hall–Kier alpha value is -2.71. The van der Waals surface area contributed by atoms with Gasteiger partial charge in [0.1, 0.15) is 0 Å². The van der Waals surface area contributed by atoms with Crippen molar-refractivity contribution < 1.29 is 2.74 Å². The Labute approximate surface area is 178 Å². The average molecular weight is 398 g/mol. The van der Waals surface area contributed by atoms with E-state index in [0.29, 0.717) is 0 Å². The van der Waals surface area contributed by atoms with Crippen LogP contribution in [0.2, 0.25) is 0 Å². The summed E-state index contributed by atoms with van der Waals surface area (Å²) in [4.78, 5) is 4.66. The number of hydrogen-bond acceptors (Lipinski definition) is 2. The maximum absolute atomic E-state index is 8.70. The molecule has 0 spiro atoms. The lowest BCUT2D eigenvalue weighted by Gasteiger charge is -2.11. The summed E-state index contributed by atoms with van der Waals surface area (Å²) in [7, 11) is 0. The van der Waals surface area contributed by atoms with Gasteiger partial charge in [0, 0.05) is 34.7 Å². The standard InChI is InChI=1S/C27H25NS/c1-16(2)18-12-13-28-24(14-18)21-10-7-11-22-26-20-9-6-5-8-19(20)23(17(3)4)15-25(26)29-27(21)22/h5-17H,1-4H3/i16D,17D. The lowest BCUT2D eigenvalue weighted by atomic mass is 9.93. The molecule has 3 aromatic carbocycles. The molecule has 0 fully saturated rings. The van der Waals surface area contributed by atoms with Gasteiger partial charge < -0.3 is 0 Å². The molecule has 2 aromatic heterocycles. The van der Waals surface area contributed by atoms with Gasteiger partial charge >= 0.3 is 0 Å². The van der Waals surface area contributed by atoms with Crippen molar-refractivity contribution in [3.05, 3.63) is 78.0 Å². The summed E-state index contributed by atoms with van der Waals surface area (Å²) in [6.45, 7) is 7.72. The van der Waals surface area contributed by atoms with Gasteiger partial charge in [0.2, 0.25) is 0 Å². The molecule has 0 aliphatic carbocycles. The third-order valence-corrected chi connectivity index (χ3v) is 6.84. The molecule has 0 saturated heterocycles. The molecule has 5 rings (SSSR count). The SMILES string of the molecule is [2H]C(C)(C)c1ccnc(-c2cccc3c2sc2cc(C([2H])(C)C)c4ccccc4c23)c1. The Balaban J connectivity index is 1.87. The third-order valence-electron chi connectivity index (χ3n) is 5.66. The molecular formula is C27H25NS. The summed E-state index contributed by atoms with van der Waals surface area (Å²) in [5.41, 5.74) is 4.01. The molecule has 0 aliphatic heterocycles. The zero-order valence-electron chi connectivity index (χ0n) is 19.2. The van der Waals surface area contributed by atoms with E-state index in [9.17, 15) is 0 Å². The Morgan fingerprint density at radius 2 is 1.59 bits per heavy atom. The Kier molecular flexibility index (Phi) is 3.87. The smallest absolute Gasteiger partial charge is 0.0719 e. The van der Waals surface area contributed by atoms with E-state index in [-0.39, 0.29) is 0 Å². The summed E-state index contributed by atoms with van der Waals surface area (Å²) in [6, 6.07) is 21.0. The van der Waals surface area contributed by atoms with E-state index >= 15 is 0 Å². The van der Waals surface area contributed by atoms with Crippen molar-refractivity contribution in [3.8, 4) is 11.3 Å². The van der Waals surface area contributed by atoms with E-state index in [1.165, 1.54) is 25.6 Å². The minimum absolute atomic E-state index is 0.670. The van der Waals surface area contributed by atoms with Gasteiger partial charge in [0.15, 0.2) is 0 Å². The van der Waals surface area contributed by atoms with Crippen molar-refractivity contribution in [1.29, 1.82) is 0 Å². The van der Waals surface area contributed by atoms with Crippen LogP contribution < -0.4 is 0 Å². The monoisotopic (exact) mass is 397 g/mol. The summed E-state index contributed by atoms with van der Waals surface area (Å²) < 4.78 is 19.5. The highest BCUT2D eigenvalue weighted by atomic mass is 32.1. The number of pyridine rings is 1. The van der Waals surface area contributed by atoms with E-state index in [1.54, 1.807) is 11.3 Å². The minimum atomic E-state index is -0.678. The van der Waals surface area contributed by atoms with Crippen LogP contribution in [-0.2, 0) is 0 Å². The molecule has 144 valence electrons. The molecule has 0 aliphatic rings. The fourth-order valence-electron chi connectivity index (χ4n) is 4.17. The molecule has 2 heterocycles. The van der Waals surface area contributed by atoms with Crippen LogP contribution in [0, 0.1) is 0 Å². The number of hydrogen-bond donors (Lipinski definition) is 0. The van der Waals surface area contributed by atoms with E-state index in [1.807, 2.05) is 46.0 Å². The van der Waals surface area contributed by atoms with E-state index in [2.05, 4.69) is 53.5 Å². The molecule has 2 heteroatoms. The number of thiophene rings is 1. The van der Waals surface area contributed by atoms with Crippen LogP contribution in [0.25, 0.3) is 42.2 Å². The average Bonchev–Trinajstić information content (AvgIpc) is 3.11. The first kappa shape index (κ1) is 16.1. The van der Waals surface area contributed by atoms with Crippen LogP contribution in [0.5, 0.6) is 0 Å². The van der Waals surface area contributed by atoms with Crippen LogP contribution in [0.3, 0.4) is 0 Å². The second-order valence-electron chi connectivity index (χ2n) is 8.06. The summed E-state index contributed by atoms with van der Waals surface area (Å²) in [5, 5.41) is 4.83. The molecule has 1 nitrogen and oxygen atoms in total. The Morgan fingerprint density at radius 1 is 0.828 bits per heavy atom. The molecule has 29 heavy (non-hydrogen) atoms. The van der Waals surface area contributed by atoms with Gasteiger partial charge in [-0.25, -0.2) is 0 Å². The van der Waals surface area contributed by atoms with Crippen molar-refractivity contribution >= 4 is 42.3 Å². The van der Waals surface area contributed by atoms with Gasteiger partial charge in [-0.1, -0.05) is 70.2 Å². The number of aromatic nitrogens is 1. The highest BCUT2D eigenvalue weighted by Gasteiger charge is 2.16. The largest absolute Gasteiger partial charge is 0.256 e. The van der Waals surface area contributed by atoms with Crippen LogP contribution in [0.15, 0.2) is 66.9 Å². The van der Waals surface area contributed by atoms with Gasteiger partial charge in [0.05, 0.1) is 5.69 Å². The molecule has 0 bridgehead atoms. The van der Waals surface area contributed by atoms with Crippen molar-refractivity contribution in [3.63, 3.8) is 0 Å². The molecule has 0 saturated carbocycles. The maximum atomic E-state index is 8.70. The number of nitrogens with zero attached hydrogens (tertiary/aromatic N) is 1. The quantitative estimate of drug-likeness (QED) is 0.297. The zero-order chi connectivity index (χ0) is 22.0. The highest BCUT2D eigenvalue weighted by Crippen LogP contribution is 2.44. The normalized spacial score (nSPS) is 13.8. The summed E-state index contributed by atoms with van der Waals surface area (Å²) in [5.74, 6) is -1.35. The Morgan fingerprint density at radius 3 is 2.34 bits per heavy atom. The first-order valence-corrected chi connectivity index (χ1v) is 10.8. The van der Waals surface area contributed by atoms with Gasteiger partial charge in [-0.2, -0.15) is 0 Å². The fourth-order valence-corrected chi connectivity index (χ4v) is 5.45. The molecule has 0 N–H and O–H groups in total. The molecule has 0 atom stereocenters. The Bertz CT molecular complexity index is 1450. The van der Waals surface area contributed by atoms with E-state index in [0.717, 1.165) is 27.8 Å². The fraction of sp³-hybridized carbons (Fsp3) is 0.222. The van der Waals surface area contributed by atoms with Gasteiger partial charge in [-0.15, -0.1) is 11.3 Å². The zero-order valence-corrected chi connectivity index (χ0v) is 18.0.